The lowest BCUT2D eigenvalue weighted by molar-refractivity contribution is 0.949. The number of thiophene rings is 1. The van der Waals surface area contributed by atoms with Gasteiger partial charge >= 0.3 is 0 Å². The molecule has 0 unspecified atom stereocenters. The van der Waals surface area contributed by atoms with Crippen LogP contribution in [0.1, 0.15) is 18.4 Å². The van der Waals surface area contributed by atoms with Gasteiger partial charge in [0.05, 0.1) is 10.7 Å². The van der Waals surface area contributed by atoms with Crippen molar-refractivity contribution in [3.8, 4) is 0 Å². The summed E-state index contributed by atoms with van der Waals surface area (Å²) < 4.78 is 0. The highest BCUT2D eigenvalue weighted by Gasteiger charge is 2.13. The summed E-state index contributed by atoms with van der Waals surface area (Å²) in [6.45, 7) is 4.30. The van der Waals surface area contributed by atoms with Gasteiger partial charge in [-0.25, -0.2) is 0 Å². The monoisotopic (exact) mass is 286 g/mol. The van der Waals surface area contributed by atoms with Crippen molar-refractivity contribution in [3.63, 3.8) is 0 Å². The van der Waals surface area contributed by atoms with Gasteiger partial charge in [-0.15, -0.1) is 10.2 Å². The molecule has 0 spiro atoms. The zero-order chi connectivity index (χ0) is 13.9. The number of hydrogen-bond acceptors (Lipinski definition) is 5. The highest BCUT2D eigenvalue weighted by atomic mass is 32.1. The van der Waals surface area contributed by atoms with Gasteiger partial charge in [0, 0.05) is 18.8 Å². The lowest BCUT2D eigenvalue weighted by Crippen LogP contribution is -2.15. The number of rotatable bonds is 3. The van der Waals surface area contributed by atoms with Crippen LogP contribution in [0.15, 0.2) is 40.6 Å². The third-order valence-corrected chi connectivity index (χ3v) is 4.54. The van der Waals surface area contributed by atoms with Crippen LogP contribution in [0.2, 0.25) is 0 Å². The summed E-state index contributed by atoms with van der Waals surface area (Å²) in [5.74, 6) is 0. The van der Waals surface area contributed by atoms with Crippen LogP contribution in [0.5, 0.6) is 0 Å². The summed E-state index contributed by atoms with van der Waals surface area (Å²) >= 11 is 1.70. The number of anilines is 2. The van der Waals surface area contributed by atoms with E-state index in [1.807, 2.05) is 31.2 Å². The van der Waals surface area contributed by atoms with Crippen molar-refractivity contribution in [2.75, 3.05) is 23.7 Å². The first kappa shape index (κ1) is 13.1. The molecule has 1 saturated heterocycles. The zero-order valence-electron chi connectivity index (χ0n) is 11.5. The van der Waals surface area contributed by atoms with Crippen LogP contribution in [0.25, 0.3) is 0 Å². The van der Waals surface area contributed by atoms with Crippen LogP contribution in [0.4, 0.5) is 21.4 Å². The second-order valence-electron chi connectivity index (χ2n) is 5.05. The van der Waals surface area contributed by atoms with Crippen molar-refractivity contribution in [1.82, 2.24) is 0 Å². The molecule has 1 fully saturated rings. The first-order valence-corrected chi connectivity index (χ1v) is 7.67. The summed E-state index contributed by atoms with van der Waals surface area (Å²) in [6.07, 6.45) is 2.58. The maximum atomic E-state index is 5.79. The van der Waals surface area contributed by atoms with E-state index >= 15 is 0 Å². The van der Waals surface area contributed by atoms with Gasteiger partial charge in [-0.3, -0.25) is 0 Å². The van der Waals surface area contributed by atoms with Gasteiger partial charge in [-0.05, 0) is 55.7 Å². The molecular weight excluding hydrogens is 268 g/mol. The largest absolute Gasteiger partial charge is 0.399 e. The molecule has 1 aliphatic heterocycles. The summed E-state index contributed by atoms with van der Waals surface area (Å²) in [6, 6.07) is 9.88. The van der Waals surface area contributed by atoms with Gasteiger partial charge in [0.15, 0.2) is 0 Å². The third-order valence-electron chi connectivity index (χ3n) is 3.51. The first-order chi connectivity index (χ1) is 9.72. The molecule has 20 heavy (non-hydrogen) atoms. The number of nitrogen functional groups attached to an aromatic ring is 1. The van der Waals surface area contributed by atoms with E-state index in [0.717, 1.165) is 35.0 Å². The van der Waals surface area contributed by atoms with Gasteiger partial charge in [0.1, 0.15) is 5.00 Å². The third kappa shape index (κ3) is 2.82. The normalized spacial score (nSPS) is 15.3. The minimum atomic E-state index is 0.788. The lowest BCUT2D eigenvalue weighted by atomic mass is 10.2. The molecule has 0 aliphatic carbocycles. The molecule has 4 nitrogen and oxygen atoms in total. The Morgan fingerprint density at radius 1 is 1.10 bits per heavy atom. The van der Waals surface area contributed by atoms with Crippen molar-refractivity contribution in [3.05, 3.63) is 35.9 Å². The van der Waals surface area contributed by atoms with Gasteiger partial charge in [0.25, 0.3) is 0 Å². The molecule has 1 aromatic carbocycles. The van der Waals surface area contributed by atoms with E-state index in [0.29, 0.717) is 0 Å². The van der Waals surface area contributed by atoms with Gasteiger partial charge in [-0.1, -0.05) is 11.3 Å². The molecule has 1 aliphatic rings. The number of hydrogen-bond donors (Lipinski definition) is 1. The van der Waals surface area contributed by atoms with Crippen molar-refractivity contribution in [2.45, 2.75) is 19.8 Å². The number of benzene rings is 1. The van der Waals surface area contributed by atoms with E-state index in [9.17, 15) is 0 Å². The Morgan fingerprint density at radius 3 is 2.65 bits per heavy atom. The van der Waals surface area contributed by atoms with Crippen LogP contribution < -0.4 is 10.6 Å². The Kier molecular flexibility index (Phi) is 3.69. The lowest BCUT2D eigenvalue weighted by Gasteiger charge is -2.13. The second kappa shape index (κ2) is 5.63. The molecular formula is C15H18N4S. The van der Waals surface area contributed by atoms with E-state index in [1.54, 1.807) is 11.3 Å². The van der Waals surface area contributed by atoms with E-state index < -0.39 is 0 Å². The number of nitrogens with zero attached hydrogens (tertiary/aromatic N) is 3. The minimum Gasteiger partial charge on any atom is -0.399 e. The molecule has 104 valence electrons. The molecule has 0 radical (unpaired) electrons. The highest BCUT2D eigenvalue weighted by molar-refractivity contribution is 7.19. The Balaban J connectivity index is 1.73. The SMILES string of the molecule is Cc1cc(N=Nc2ccc(N3CCCC3)s2)ccc1N. The Morgan fingerprint density at radius 2 is 1.90 bits per heavy atom. The summed E-state index contributed by atoms with van der Waals surface area (Å²) in [4.78, 5) is 2.41. The second-order valence-corrected chi connectivity index (χ2v) is 6.09. The summed E-state index contributed by atoms with van der Waals surface area (Å²) in [7, 11) is 0. The molecule has 5 heteroatoms. The number of azo groups is 1. The average molecular weight is 286 g/mol. The first-order valence-electron chi connectivity index (χ1n) is 6.85. The topological polar surface area (TPSA) is 54.0 Å². The van der Waals surface area contributed by atoms with E-state index in [2.05, 4.69) is 21.2 Å². The highest BCUT2D eigenvalue weighted by Crippen LogP contribution is 2.34. The smallest absolute Gasteiger partial charge is 0.140 e. The Labute approximate surface area is 122 Å². The van der Waals surface area contributed by atoms with E-state index in [1.165, 1.54) is 17.8 Å². The fourth-order valence-electron chi connectivity index (χ4n) is 2.31. The predicted octanol–water partition coefficient (Wildman–Crippen LogP) is 4.65. The standard InChI is InChI=1S/C15H18N4S/c1-11-10-12(4-5-13(11)16)17-18-14-6-7-15(20-14)19-8-2-3-9-19/h4-7,10H,2-3,8-9,16H2,1H3. The molecule has 0 amide bonds. The molecule has 0 saturated carbocycles. The maximum Gasteiger partial charge on any atom is 0.140 e. The average Bonchev–Trinajstić information content (AvgIpc) is 3.09. The van der Waals surface area contributed by atoms with Crippen molar-refractivity contribution in [1.29, 1.82) is 0 Å². The summed E-state index contributed by atoms with van der Waals surface area (Å²) in [5.41, 5.74) is 8.46. The maximum absolute atomic E-state index is 5.79. The van der Waals surface area contributed by atoms with Crippen LogP contribution in [0.3, 0.4) is 0 Å². The van der Waals surface area contributed by atoms with Crippen LogP contribution >= 0.6 is 11.3 Å². The van der Waals surface area contributed by atoms with E-state index in [4.69, 9.17) is 5.73 Å². The molecule has 1 aromatic heterocycles. The quantitative estimate of drug-likeness (QED) is 0.659. The van der Waals surface area contributed by atoms with E-state index in [-0.39, 0.29) is 0 Å². The van der Waals surface area contributed by atoms with Crippen LogP contribution in [-0.2, 0) is 0 Å². The zero-order valence-corrected chi connectivity index (χ0v) is 12.4. The fourth-order valence-corrected chi connectivity index (χ4v) is 3.19. The van der Waals surface area contributed by atoms with Crippen LogP contribution in [0, 0.1) is 6.92 Å². The predicted molar refractivity (Wildman–Crippen MR) is 85.5 cm³/mol. The molecule has 2 aromatic rings. The molecule has 0 bridgehead atoms. The molecule has 2 heterocycles. The minimum absolute atomic E-state index is 0.788. The van der Waals surface area contributed by atoms with Gasteiger partial charge in [0.2, 0.25) is 0 Å². The Hall–Kier alpha value is -1.88. The van der Waals surface area contributed by atoms with Crippen molar-refractivity contribution >= 4 is 32.7 Å². The van der Waals surface area contributed by atoms with Crippen molar-refractivity contribution < 1.29 is 0 Å². The van der Waals surface area contributed by atoms with Crippen molar-refractivity contribution in [2.24, 2.45) is 10.2 Å². The fraction of sp³-hybridized carbons (Fsp3) is 0.333. The molecule has 3 rings (SSSR count). The number of aryl methyl sites for hydroxylation is 1. The van der Waals surface area contributed by atoms with Gasteiger partial charge in [-0.2, -0.15) is 0 Å². The number of nitrogens with two attached hydrogens (primary N) is 1. The Bertz CT molecular complexity index is 627. The summed E-state index contributed by atoms with van der Waals surface area (Å²) in [5, 5.41) is 10.8. The van der Waals surface area contributed by atoms with Gasteiger partial charge < -0.3 is 10.6 Å². The van der Waals surface area contributed by atoms with Crippen LogP contribution in [-0.4, -0.2) is 13.1 Å². The molecule has 0 atom stereocenters. The molecule has 2 N–H and O–H groups in total.